The molecule has 1 aliphatic heterocycles. The van der Waals surface area contributed by atoms with Crippen LogP contribution in [0.15, 0.2) is 60.0 Å². The smallest absolute Gasteiger partial charge is 0.261 e. The lowest BCUT2D eigenvalue weighted by Crippen LogP contribution is -2.47. The summed E-state index contributed by atoms with van der Waals surface area (Å²) in [6, 6.07) is 17.1. The first-order valence-electron chi connectivity index (χ1n) is 10.4. The molecule has 31 heavy (non-hydrogen) atoms. The van der Waals surface area contributed by atoms with Crippen molar-refractivity contribution in [3.63, 3.8) is 0 Å². The van der Waals surface area contributed by atoms with Crippen molar-refractivity contribution in [2.24, 2.45) is 0 Å². The molecule has 6 nitrogen and oxygen atoms in total. The largest absolute Gasteiger partial charge is 0.484 e. The second kappa shape index (κ2) is 9.75. The van der Waals surface area contributed by atoms with Crippen LogP contribution in [-0.4, -0.2) is 40.9 Å². The number of rotatable bonds is 7. The molecule has 3 aromatic rings. The minimum atomic E-state index is -0.458. The van der Waals surface area contributed by atoms with Gasteiger partial charge in [0.1, 0.15) is 16.8 Å². The second-order valence-electron chi connectivity index (χ2n) is 7.58. The van der Waals surface area contributed by atoms with Crippen LogP contribution in [-0.2, 0) is 16.1 Å². The molecule has 1 atom stereocenters. The average Bonchev–Trinajstić information content (AvgIpc) is 3.46. The van der Waals surface area contributed by atoms with Gasteiger partial charge in [-0.05, 0) is 37.5 Å². The van der Waals surface area contributed by atoms with Crippen molar-refractivity contribution in [1.29, 1.82) is 0 Å². The predicted octanol–water partition coefficient (Wildman–Crippen LogP) is 3.80. The summed E-state index contributed by atoms with van der Waals surface area (Å²) in [7, 11) is 0. The molecular weight excluding hydrogens is 410 g/mol. The Morgan fingerprint density at radius 3 is 2.84 bits per heavy atom. The van der Waals surface area contributed by atoms with Gasteiger partial charge in [0.25, 0.3) is 5.91 Å². The van der Waals surface area contributed by atoms with Crippen molar-refractivity contribution in [2.75, 3.05) is 13.2 Å². The van der Waals surface area contributed by atoms with Crippen LogP contribution in [0.1, 0.15) is 24.1 Å². The van der Waals surface area contributed by atoms with E-state index in [2.05, 4.69) is 10.3 Å². The van der Waals surface area contributed by atoms with Crippen molar-refractivity contribution < 1.29 is 14.3 Å². The van der Waals surface area contributed by atoms with Gasteiger partial charge in [0.2, 0.25) is 5.91 Å². The third-order valence-electron chi connectivity index (χ3n) is 5.24. The Balaban J connectivity index is 1.30. The summed E-state index contributed by atoms with van der Waals surface area (Å²) in [5.74, 6) is 0.348. The van der Waals surface area contributed by atoms with Crippen LogP contribution in [0.4, 0.5) is 0 Å². The van der Waals surface area contributed by atoms with E-state index in [0.717, 1.165) is 28.2 Å². The zero-order valence-corrected chi connectivity index (χ0v) is 18.2. The lowest BCUT2D eigenvalue weighted by atomic mass is 10.2. The van der Waals surface area contributed by atoms with E-state index in [0.29, 0.717) is 25.3 Å². The van der Waals surface area contributed by atoms with Crippen LogP contribution in [0.25, 0.3) is 10.6 Å². The number of likely N-dealkylation sites (tertiary alicyclic amines) is 1. The van der Waals surface area contributed by atoms with Crippen LogP contribution in [0.3, 0.4) is 0 Å². The Kier molecular flexibility index (Phi) is 6.62. The Morgan fingerprint density at radius 1 is 1.19 bits per heavy atom. The first-order chi connectivity index (χ1) is 15.1. The predicted molar refractivity (Wildman–Crippen MR) is 121 cm³/mol. The molecule has 7 heteroatoms. The number of carbonyl (C=O) groups excluding carboxylic acids is 2. The van der Waals surface area contributed by atoms with Gasteiger partial charge in [0.05, 0.1) is 12.2 Å². The van der Waals surface area contributed by atoms with Gasteiger partial charge in [-0.15, -0.1) is 11.3 Å². The van der Waals surface area contributed by atoms with E-state index in [1.807, 2.05) is 66.9 Å². The maximum atomic E-state index is 12.8. The fraction of sp³-hybridized carbons (Fsp3) is 0.292. The molecule has 0 aliphatic carbocycles. The van der Waals surface area contributed by atoms with E-state index in [4.69, 9.17) is 4.74 Å². The summed E-state index contributed by atoms with van der Waals surface area (Å²) >= 11 is 1.55. The lowest BCUT2D eigenvalue weighted by molar-refractivity contribution is -0.140. The standard InChI is InChI=1S/C24H25N3O3S/c1-17-7-5-10-20(13-17)30-15-22(28)27-12-6-11-21(27)23(29)25-14-19-16-31-24(26-19)18-8-3-2-4-9-18/h2-5,7-10,13,16,21H,6,11-12,14-15H2,1H3,(H,25,29). The number of benzene rings is 2. The van der Waals surface area contributed by atoms with Gasteiger partial charge < -0.3 is 15.0 Å². The summed E-state index contributed by atoms with van der Waals surface area (Å²) in [5.41, 5.74) is 2.95. The summed E-state index contributed by atoms with van der Waals surface area (Å²) in [5, 5.41) is 5.82. The van der Waals surface area contributed by atoms with Gasteiger partial charge in [0, 0.05) is 17.5 Å². The number of carbonyl (C=O) groups is 2. The quantitative estimate of drug-likeness (QED) is 0.613. The highest BCUT2D eigenvalue weighted by molar-refractivity contribution is 7.13. The van der Waals surface area contributed by atoms with Crippen LogP contribution >= 0.6 is 11.3 Å². The SMILES string of the molecule is Cc1cccc(OCC(=O)N2CCCC2C(=O)NCc2csc(-c3ccccc3)n2)c1. The second-order valence-corrected chi connectivity index (χ2v) is 8.44. The van der Waals surface area contributed by atoms with E-state index in [9.17, 15) is 9.59 Å². The molecule has 0 saturated carbocycles. The molecule has 2 heterocycles. The number of ether oxygens (including phenoxy) is 1. The minimum Gasteiger partial charge on any atom is -0.484 e. The molecule has 2 aromatic carbocycles. The highest BCUT2D eigenvalue weighted by Gasteiger charge is 2.34. The molecule has 1 N–H and O–H groups in total. The van der Waals surface area contributed by atoms with Gasteiger partial charge in [-0.1, -0.05) is 42.5 Å². The average molecular weight is 436 g/mol. The maximum Gasteiger partial charge on any atom is 0.261 e. The first-order valence-corrected chi connectivity index (χ1v) is 11.2. The summed E-state index contributed by atoms with van der Waals surface area (Å²) < 4.78 is 5.63. The fourth-order valence-corrected chi connectivity index (χ4v) is 4.49. The van der Waals surface area contributed by atoms with Crippen molar-refractivity contribution in [3.8, 4) is 16.3 Å². The maximum absolute atomic E-state index is 12.8. The number of amides is 2. The minimum absolute atomic E-state index is 0.0697. The highest BCUT2D eigenvalue weighted by atomic mass is 32.1. The molecular formula is C24H25N3O3S. The molecule has 0 radical (unpaired) electrons. The zero-order valence-electron chi connectivity index (χ0n) is 17.4. The van der Waals surface area contributed by atoms with Crippen LogP contribution in [0, 0.1) is 6.92 Å². The zero-order chi connectivity index (χ0) is 21.6. The van der Waals surface area contributed by atoms with Crippen molar-refractivity contribution in [2.45, 2.75) is 32.4 Å². The number of hydrogen-bond donors (Lipinski definition) is 1. The van der Waals surface area contributed by atoms with Crippen molar-refractivity contribution in [1.82, 2.24) is 15.2 Å². The van der Waals surface area contributed by atoms with E-state index < -0.39 is 6.04 Å². The molecule has 1 aliphatic rings. The van der Waals surface area contributed by atoms with E-state index in [-0.39, 0.29) is 18.4 Å². The Bertz CT molecular complexity index is 1050. The molecule has 2 amide bonds. The molecule has 1 unspecified atom stereocenters. The van der Waals surface area contributed by atoms with Gasteiger partial charge in [0.15, 0.2) is 6.61 Å². The molecule has 0 bridgehead atoms. The number of aryl methyl sites for hydroxylation is 1. The van der Waals surface area contributed by atoms with E-state index in [1.165, 1.54) is 0 Å². The molecule has 160 valence electrons. The number of nitrogens with one attached hydrogen (secondary N) is 1. The first kappa shape index (κ1) is 21.1. The molecule has 1 fully saturated rings. The highest BCUT2D eigenvalue weighted by Crippen LogP contribution is 2.23. The fourth-order valence-electron chi connectivity index (χ4n) is 3.67. The molecule has 1 aromatic heterocycles. The molecule has 1 saturated heterocycles. The topological polar surface area (TPSA) is 71.5 Å². The Morgan fingerprint density at radius 2 is 2.03 bits per heavy atom. The summed E-state index contributed by atoms with van der Waals surface area (Å²) in [4.78, 5) is 31.7. The Hall–Kier alpha value is -3.19. The van der Waals surface area contributed by atoms with Crippen LogP contribution in [0.5, 0.6) is 5.75 Å². The summed E-state index contributed by atoms with van der Waals surface area (Å²) in [6.45, 7) is 2.82. The van der Waals surface area contributed by atoms with Crippen molar-refractivity contribution in [3.05, 3.63) is 71.2 Å². The normalized spacial score (nSPS) is 15.6. The lowest BCUT2D eigenvalue weighted by Gasteiger charge is -2.24. The monoisotopic (exact) mass is 435 g/mol. The van der Waals surface area contributed by atoms with Gasteiger partial charge in [-0.2, -0.15) is 0 Å². The summed E-state index contributed by atoms with van der Waals surface area (Å²) in [6.07, 6.45) is 1.47. The van der Waals surface area contributed by atoms with Crippen LogP contribution < -0.4 is 10.1 Å². The third-order valence-corrected chi connectivity index (χ3v) is 6.18. The van der Waals surface area contributed by atoms with Gasteiger partial charge in [-0.25, -0.2) is 4.98 Å². The Labute approximate surface area is 185 Å². The molecule has 4 rings (SSSR count). The molecule has 0 spiro atoms. The van der Waals surface area contributed by atoms with Gasteiger partial charge >= 0.3 is 0 Å². The van der Waals surface area contributed by atoms with E-state index >= 15 is 0 Å². The third kappa shape index (κ3) is 5.30. The number of hydrogen-bond acceptors (Lipinski definition) is 5. The number of thiazole rings is 1. The van der Waals surface area contributed by atoms with Gasteiger partial charge in [-0.3, -0.25) is 9.59 Å². The van der Waals surface area contributed by atoms with Crippen molar-refractivity contribution >= 4 is 23.2 Å². The number of nitrogens with zero attached hydrogens (tertiary/aromatic N) is 2. The van der Waals surface area contributed by atoms with E-state index in [1.54, 1.807) is 16.2 Å². The van der Waals surface area contributed by atoms with Crippen LogP contribution in [0.2, 0.25) is 0 Å². The number of aromatic nitrogens is 1.